The number of rotatable bonds is 4. The molecule has 0 aliphatic carbocycles. The maximum Gasteiger partial charge on any atom is 0.311 e. The SMILES string of the molecule is CC(C)CC(OC(=O)C(C)(C)C)c1cc2c(cn1)C(C)(C)CN2. The molecule has 2 rings (SSSR count). The zero-order valence-corrected chi connectivity index (χ0v) is 15.5. The largest absolute Gasteiger partial charge is 0.455 e. The van der Waals surface area contributed by atoms with E-state index >= 15 is 0 Å². The summed E-state index contributed by atoms with van der Waals surface area (Å²) in [6.45, 7) is 15.2. The molecule has 0 radical (unpaired) electrons. The van der Waals surface area contributed by atoms with Gasteiger partial charge in [-0.25, -0.2) is 0 Å². The molecule has 1 unspecified atom stereocenters. The fourth-order valence-corrected chi connectivity index (χ4v) is 2.71. The van der Waals surface area contributed by atoms with Crippen molar-refractivity contribution in [1.82, 2.24) is 4.98 Å². The van der Waals surface area contributed by atoms with E-state index in [0.717, 1.165) is 24.3 Å². The molecule has 2 heterocycles. The summed E-state index contributed by atoms with van der Waals surface area (Å²) in [5.74, 6) is 0.242. The van der Waals surface area contributed by atoms with Crippen LogP contribution in [0.2, 0.25) is 0 Å². The lowest BCUT2D eigenvalue weighted by molar-refractivity contribution is -0.160. The van der Waals surface area contributed by atoms with Gasteiger partial charge in [-0.15, -0.1) is 0 Å². The predicted octanol–water partition coefficient (Wildman–Crippen LogP) is 4.46. The number of fused-ring (bicyclic) bond motifs is 1. The van der Waals surface area contributed by atoms with Crippen LogP contribution in [0.1, 0.15) is 72.2 Å². The molecular formula is C19H30N2O2. The molecule has 1 atom stereocenters. The minimum Gasteiger partial charge on any atom is -0.455 e. The number of hydrogen-bond donors (Lipinski definition) is 1. The molecule has 0 bridgehead atoms. The molecule has 1 aliphatic heterocycles. The lowest BCUT2D eigenvalue weighted by atomic mass is 9.88. The second-order valence-corrected chi connectivity index (χ2v) is 8.67. The van der Waals surface area contributed by atoms with E-state index in [1.54, 1.807) is 0 Å². The van der Waals surface area contributed by atoms with Gasteiger partial charge in [-0.3, -0.25) is 9.78 Å². The van der Waals surface area contributed by atoms with Gasteiger partial charge < -0.3 is 10.1 Å². The van der Waals surface area contributed by atoms with Gasteiger partial charge in [-0.05, 0) is 39.2 Å². The summed E-state index contributed by atoms with van der Waals surface area (Å²) in [5, 5.41) is 3.44. The van der Waals surface area contributed by atoms with E-state index < -0.39 is 5.41 Å². The summed E-state index contributed by atoms with van der Waals surface area (Å²) < 4.78 is 5.79. The fourth-order valence-electron chi connectivity index (χ4n) is 2.71. The van der Waals surface area contributed by atoms with Crippen LogP contribution in [0.3, 0.4) is 0 Å². The Hall–Kier alpha value is -1.58. The number of ether oxygens (including phenoxy) is 1. The smallest absolute Gasteiger partial charge is 0.311 e. The summed E-state index contributed by atoms with van der Waals surface area (Å²) >= 11 is 0. The fraction of sp³-hybridized carbons (Fsp3) is 0.684. The number of nitrogens with one attached hydrogen (secondary N) is 1. The van der Waals surface area contributed by atoms with Crippen LogP contribution in [-0.4, -0.2) is 17.5 Å². The highest BCUT2D eigenvalue weighted by atomic mass is 16.5. The van der Waals surface area contributed by atoms with Gasteiger partial charge in [0, 0.05) is 29.4 Å². The number of carbonyl (C=O) groups is 1. The Kier molecular flexibility index (Phi) is 4.74. The molecule has 4 heteroatoms. The number of anilines is 1. The molecule has 1 aliphatic rings. The van der Waals surface area contributed by atoms with E-state index in [1.165, 1.54) is 5.56 Å². The van der Waals surface area contributed by atoms with Crippen molar-refractivity contribution in [3.63, 3.8) is 0 Å². The quantitative estimate of drug-likeness (QED) is 0.833. The van der Waals surface area contributed by atoms with Gasteiger partial charge >= 0.3 is 5.97 Å². The Bertz CT molecular complexity index is 586. The number of hydrogen-bond acceptors (Lipinski definition) is 4. The monoisotopic (exact) mass is 318 g/mol. The van der Waals surface area contributed by atoms with Gasteiger partial charge in [0.05, 0.1) is 11.1 Å². The second kappa shape index (κ2) is 6.14. The average Bonchev–Trinajstić information content (AvgIpc) is 2.72. The number of nitrogens with zero attached hydrogens (tertiary/aromatic N) is 1. The highest BCUT2D eigenvalue weighted by Gasteiger charge is 2.32. The Morgan fingerprint density at radius 2 is 2.04 bits per heavy atom. The molecule has 0 fully saturated rings. The summed E-state index contributed by atoms with van der Waals surface area (Å²) in [6.07, 6.45) is 2.41. The second-order valence-electron chi connectivity index (χ2n) is 8.67. The average molecular weight is 318 g/mol. The van der Waals surface area contributed by atoms with Crippen LogP contribution >= 0.6 is 0 Å². The first kappa shape index (κ1) is 17.8. The molecular weight excluding hydrogens is 288 g/mol. The normalized spacial score (nSPS) is 17.6. The lowest BCUT2D eigenvalue weighted by Crippen LogP contribution is -2.26. The van der Waals surface area contributed by atoms with E-state index in [2.05, 4.69) is 38.0 Å². The van der Waals surface area contributed by atoms with Crippen LogP contribution in [-0.2, 0) is 14.9 Å². The van der Waals surface area contributed by atoms with E-state index in [1.807, 2.05) is 33.0 Å². The van der Waals surface area contributed by atoms with Gasteiger partial charge in [0.2, 0.25) is 0 Å². The topological polar surface area (TPSA) is 51.2 Å². The van der Waals surface area contributed by atoms with Crippen molar-refractivity contribution in [2.75, 3.05) is 11.9 Å². The molecule has 0 amide bonds. The molecule has 0 aromatic carbocycles. The number of pyridine rings is 1. The maximum atomic E-state index is 12.3. The van der Waals surface area contributed by atoms with Crippen LogP contribution in [0.25, 0.3) is 0 Å². The minimum absolute atomic E-state index is 0.0937. The summed E-state index contributed by atoms with van der Waals surface area (Å²) in [7, 11) is 0. The number of esters is 1. The van der Waals surface area contributed by atoms with Gasteiger partial charge in [-0.1, -0.05) is 27.7 Å². The molecule has 0 spiro atoms. The van der Waals surface area contributed by atoms with Crippen LogP contribution in [0.4, 0.5) is 5.69 Å². The first-order valence-electron chi connectivity index (χ1n) is 8.46. The standard InChI is InChI=1S/C19H30N2O2/c1-12(2)8-16(23-17(22)18(3,4)5)15-9-14-13(10-20-15)19(6,7)11-21-14/h9-10,12,16,21H,8,11H2,1-7H3. The van der Waals surface area contributed by atoms with Crippen molar-refractivity contribution in [3.05, 3.63) is 23.5 Å². The molecule has 128 valence electrons. The van der Waals surface area contributed by atoms with Gasteiger partial charge in [0.1, 0.15) is 6.10 Å². The third kappa shape index (κ3) is 4.04. The Morgan fingerprint density at radius 3 is 2.61 bits per heavy atom. The van der Waals surface area contributed by atoms with Crippen molar-refractivity contribution in [3.8, 4) is 0 Å². The third-order valence-electron chi connectivity index (χ3n) is 4.25. The molecule has 1 aromatic heterocycles. The molecule has 0 saturated heterocycles. The van der Waals surface area contributed by atoms with E-state index in [9.17, 15) is 4.79 Å². The maximum absolute atomic E-state index is 12.3. The zero-order valence-electron chi connectivity index (χ0n) is 15.5. The zero-order chi connectivity index (χ0) is 17.4. The van der Waals surface area contributed by atoms with Crippen molar-refractivity contribution in [1.29, 1.82) is 0 Å². The molecule has 23 heavy (non-hydrogen) atoms. The van der Waals surface area contributed by atoms with Crippen LogP contribution in [0, 0.1) is 11.3 Å². The lowest BCUT2D eigenvalue weighted by Gasteiger charge is -2.25. The van der Waals surface area contributed by atoms with Crippen LogP contribution in [0.5, 0.6) is 0 Å². The van der Waals surface area contributed by atoms with Gasteiger partial charge in [0.25, 0.3) is 0 Å². The number of carbonyl (C=O) groups excluding carboxylic acids is 1. The van der Waals surface area contributed by atoms with E-state index in [0.29, 0.717) is 5.92 Å². The molecule has 4 nitrogen and oxygen atoms in total. The van der Waals surface area contributed by atoms with Crippen molar-refractivity contribution in [2.45, 2.75) is 66.4 Å². The molecule has 1 N–H and O–H groups in total. The number of aromatic nitrogens is 1. The molecule has 1 aromatic rings. The predicted molar refractivity (Wildman–Crippen MR) is 93.5 cm³/mol. The third-order valence-corrected chi connectivity index (χ3v) is 4.25. The van der Waals surface area contributed by atoms with Crippen molar-refractivity contribution >= 4 is 11.7 Å². The minimum atomic E-state index is -0.508. The highest BCUT2D eigenvalue weighted by molar-refractivity contribution is 5.75. The van der Waals surface area contributed by atoms with Crippen molar-refractivity contribution < 1.29 is 9.53 Å². The highest BCUT2D eigenvalue weighted by Crippen LogP contribution is 2.38. The molecule has 0 saturated carbocycles. The first-order chi connectivity index (χ1) is 10.5. The summed E-state index contributed by atoms with van der Waals surface area (Å²) in [5.41, 5.74) is 2.76. The van der Waals surface area contributed by atoms with Crippen LogP contribution < -0.4 is 5.32 Å². The first-order valence-corrected chi connectivity index (χ1v) is 8.46. The van der Waals surface area contributed by atoms with Crippen molar-refractivity contribution in [2.24, 2.45) is 11.3 Å². The van der Waals surface area contributed by atoms with Gasteiger partial charge in [0.15, 0.2) is 0 Å². The van der Waals surface area contributed by atoms with Gasteiger partial charge in [-0.2, -0.15) is 0 Å². The van der Waals surface area contributed by atoms with E-state index in [4.69, 9.17) is 4.74 Å². The summed E-state index contributed by atoms with van der Waals surface area (Å²) in [4.78, 5) is 16.9. The Labute approximate surface area is 140 Å². The summed E-state index contributed by atoms with van der Waals surface area (Å²) in [6, 6.07) is 2.05. The Balaban J connectivity index is 2.28. The van der Waals surface area contributed by atoms with Crippen LogP contribution in [0.15, 0.2) is 12.3 Å². The Morgan fingerprint density at radius 1 is 1.39 bits per heavy atom. The van der Waals surface area contributed by atoms with E-state index in [-0.39, 0.29) is 17.5 Å².